The predicted octanol–water partition coefficient (Wildman–Crippen LogP) is 5.51. The Bertz CT molecular complexity index is 604. The summed E-state index contributed by atoms with van der Waals surface area (Å²) in [5, 5.41) is 0. The molecular formula is C21H29NO. The molecule has 23 heavy (non-hydrogen) atoms. The van der Waals surface area contributed by atoms with Gasteiger partial charge in [0.2, 0.25) is 0 Å². The molecule has 0 spiro atoms. The second-order valence-corrected chi connectivity index (χ2v) is 6.26. The second kappa shape index (κ2) is 8.61. The number of nitrogens with zero attached hydrogens (tertiary/aromatic N) is 1. The molecule has 2 nitrogen and oxygen atoms in total. The molecule has 0 heterocycles. The number of unbranched alkanes of at least 4 members (excludes halogenated alkanes) is 2. The Labute approximate surface area is 141 Å². The summed E-state index contributed by atoms with van der Waals surface area (Å²) in [5.74, 6) is 0.911. The highest BCUT2D eigenvalue weighted by atomic mass is 16.5. The van der Waals surface area contributed by atoms with E-state index in [1.54, 1.807) is 7.11 Å². The van der Waals surface area contributed by atoms with E-state index in [0.29, 0.717) is 0 Å². The van der Waals surface area contributed by atoms with E-state index in [4.69, 9.17) is 4.74 Å². The van der Waals surface area contributed by atoms with E-state index in [1.807, 2.05) is 12.1 Å². The van der Waals surface area contributed by atoms with Crippen molar-refractivity contribution in [2.75, 3.05) is 18.6 Å². The zero-order chi connectivity index (χ0) is 16.7. The fourth-order valence-corrected chi connectivity index (χ4v) is 2.87. The zero-order valence-corrected chi connectivity index (χ0v) is 14.9. The van der Waals surface area contributed by atoms with Crippen molar-refractivity contribution in [2.24, 2.45) is 0 Å². The molecule has 0 saturated heterocycles. The number of benzene rings is 2. The number of hydrogen-bond acceptors (Lipinski definition) is 2. The molecule has 0 bridgehead atoms. The second-order valence-electron chi connectivity index (χ2n) is 6.26. The SMILES string of the molecule is CCCCCN(Cc1ccc(C)cc1C)c1ccc(OC)cc1. The van der Waals surface area contributed by atoms with E-state index in [0.717, 1.165) is 18.8 Å². The molecule has 2 aromatic carbocycles. The molecule has 0 aliphatic heterocycles. The van der Waals surface area contributed by atoms with Gasteiger partial charge in [0.25, 0.3) is 0 Å². The van der Waals surface area contributed by atoms with Crippen molar-refractivity contribution >= 4 is 5.69 Å². The first-order valence-electron chi connectivity index (χ1n) is 8.59. The monoisotopic (exact) mass is 311 g/mol. The average molecular weight is 311 g/mol. The Morgan fingerprint density at radius 3 is 2.30 bits per heavy atom. The van der Waals surface area contributed by atoms with Crippen molar-refractivity contribution in [2.45, 2.75) is 46.6 Å². The minimum atomic E-state index is 0.911. The molecule has 0 amide bonds. The van der Waals surface area contributed by atoms with Gasteiger partial charge in [-0.05, 0) is 55.7 Å². The summed E-state index contributed by atoms with van der Waals surface area (Å²) in [5.41, 5.74) is 5.37. The molecule has 0 atom stereocenters. The van der Waals surface area contributed by atoms with Gasteiger partial charge in [-0.25, -0.2) is 0 Å². The summed E-state index contributed by atoms with van der Waals surface area (Å²) in [4.78, 5) is 2.48. The molecule has 0 aromatic heterocycles. The van der Waals surface area contributed by atoms with Gasteiger partial charge in [-0.3, -0.25) is 0 Å². The Morgan fingerprint density at radius 1 is 0.957 bits per heavy atom. The smallest absolute Gasteiger partial charge is 0.119 e. The lowest BCUT2D eigenvalue weighted by Gasteiger charge is -2.26. The Hall–Kier alpha value is -1.96. The molecule has 0 unspecified atom stereocenters. The topological polar surface area (TPSA) is 12.5 Å². The molecule has 124 valence electrons. The summed E-state index contributed by atoms with van der Waals surface area (Å²) < 4.78 is 5.28. The van der Waals surface area contributed by atoms with Gasteiger partial charge in [0.15, 0.2) is 0 Å². The summed E-state index contributed by atoms with van der Waals surface area (Å²) >= 11 is 0. The molecule has 2 heteroatoms. The van der Waals surface area contributed by atoms with Crippen LogP contribution in [0.15, 0.2) is 42.5 Å². The fourth-order valence-electron chi connectivity index (χ4n) is 2.87. The number of rotatable bonds is 8. The van der Waals surface area contributed by atoms with Crippen LogP contribution in [-0.2, 0) is 6.54 Å². The highest BCUT2D eigenvalue weighted by molar-refractivity contribution is 5.50. The molecule has 0 radical (unpaired) electrons. The van der Waals surface area contributed by atoms with Crippen LogP contribution in [0.1, 0.15) is 42.9 Å². The van der Waals surface area contributed by atoms with E-state index >= 15 is 0 Å². The van der Waals surface area contributed by atoms with Gasteiger partial charge in [0.1, 0.15) is 5.75 Å². The van der Waals surface area contributed by atoms with Gasteiger partial charge in [-0.2, -0.15) is 0 Å². The number of anilines is 1. The molecule has 0 fully saturated rings. The molecule has 2 aromatic rings. The summed E-state index contributed by atoms with van der Waals surface area (Å²) in [6.45, 7) is 8.66. The van der Waals surface area contributed by atoms with E-state index in [9.17, 15) is 0 Å². The van der Waals surface area contributed by atoms with E-state index in [2.05, 4.69) is 56.0 Å². The van der Waals surface area contributed by atoms with Crippen molar-refractivity contribution in [1.82, 2.24) is 0 Å². The lowest BCUT2D eigenvalue weighted by atomic mass is 10.0. The molecule has 0 aliphatic rings. The van der Waals surface area contributed by atoms with Gasteiger partial charge in [-0.1, -0.05) is 43.5 Å². The van der Waals surface area contributed by atoms with Crippen LogP contribution in [0.25, 0.3) is 0 Å². The van der Waals surface area contributed by atoms with Gasteiger partial charge in [0.05, 0.1) is 7.11 Å². The van der Waals surface area contributed by atoms with Crippen molar-refractivity contribution in [3.63, 3.8) is 0 Å². The van der Waals surface area contributed by atoms with Gasteiger partial charge in [-0.15, -0.1) is 0 Å². The quantitative estimate of drug-likeness (QED) is 0.596. The maximum absolute atomic E-state index is 5.28. The largest absolute Gasteiger partial charge is 0.497 e. The number of methoxy groups -OCH3 is 1. The normalized spacial score (nSPS) is 10.6. The lowest BCUT2D eigenvalue weighted by molar-refractivity contribution is 0.415. The van der Waals surface area contributed by atoms with E-state index in [1.165, 1.54) is 41.6 Å². The Balaban J connectivity index is 2.18. The highest BCUT2D eigenvalue weighted by Gasteiger charge is 2.09. The lowest BCUT2D eigenvalue weighted by Crippen LogP contribution is -2.24. The predicted molar refractivity (Wildman–Crippen MR) is 99.5 cm³/mol. The summed E-state index contributed by atoms with van der Waals surface area (Å²) in [6, 6.07) is 15.2. The molecule has 2 rings (SSSR count). The van der Waals surface area contributed by atoms with Crippen LogP contribution in [-0.4, -0.2) is 13.7 Å². The summed E-state index contributed by atoms with van der Waals surface area (Å²) in [6.07, 6.45) is 3.76. The third kappa shape index (κ3) is 5.02. The van der Waals surface area contributed by atoms with Crippen LogP contribution in [0.3, 0.4) is 0 Å². The molecule has 0 N–H and O–H groups in total. The van der Waals surface area contributed by atoms with Crippen LogP contribution in [0.5, 0.6) is 5.75 Å². The first kappa shape index (κ1) is 17.4. The third-order valence-corrected chi connectivity index (χ3v) is 4.33. The van der Waals surface area contributed by atoms with Crippen LogP contribution < -0.4 is 9.64 Å². The molecule has 0 aliphatic carbocycles. The standard InChI is InChI=1S/C21H29NO/c1-5-6-7-14-22(20-10-12-21(23-4)13-11-20)16-19-9-8-17(2)15-18(19)3/h8-13,15H,5-7,14,16H2,1-4H3. The highest BCUT2D eigenvalue weighted by Crippen LogP contribution is 2.23. The maximum atomic E-state index is 5.28. The van der Waals surface area contributed by atoms with Crippen LogP contribution in [0, 0.1) is 13.8 Å². The Morgan fingerprint density at radius 2 is 1.70 bits per heavy atom. The van der Waals surface area contributed by atoms with Crippen LogP contribution in [0.2, 0.25) is 0 Å². The zero-order valence-electron chi connectivity index (χ0n) is 14.9. The van der Waals surface area contributed by atoms with Crippen molar-refractivity contribution in [1.29, 1.82) is 0 Å². The van der Waals surface area contributed by atoms with E-state index in [-0.39, 0.29) is 0 Å². The first-order chi connectivity index (χ1) is 11.1. The van der Waals surface area contributed by atoms with Gasteiger partial charge >= 0.3 is 0 Å². The van der Waals surface area contributed by atoms with Crippen molar-refractivity contribution < 1.29 is 4.74 Å². The summed E-state index contributed by atoms with van der Waals surface area (Å²) in [7, 11) is 1.71. The number of ether oxygens (including phenoxy) is 1. The minimum absolute atomic E-state index is 0.911. The van der Waals surface area contributed by atoms with Crippen LogP contribution >= 0.6 is 0 Å². The van der Waals surface area contributed by atoms with Gasteiger partial charge in [0, 0.05) is 18.8 Å². The maximum Gasteiger partial charge on any atom is 0.119 e. The van der Waals surface area contributed by atoms with Crippen molar-refractivity contribution in [3.05, 3.63) is 59.2 Å². The van der Waals surface area contributed by atoms with Crippen molar-refractivity contribution in [3.8, 4) is 5.75 Å². The van der Waals surface area contributed by atoms with Crippen LogP contribution in [0.4, 0.5) is 5.69 Å². The fraction of sp³-hybridized carbons (Fsp3) is 0.429. The minimum Gasteiger partial charge on any atom is -0.497 e. The number of hydrogen-bond donors (Lipinski definition) is 0. The molecular weight excluding hydrogens is 282 g/mol. The van der Waals surface area contributed by atoms with Gasteiger partial charge < -0.3 is 9.64 Å². The van der Waals surface area contributed by atoms with E-state index < -0.39 is 0 Å². The third-order valence-electron chi connectivity index (χ3n) is 4.33. The molecule has 0 saturated carbocycles. The average Bonchev–Trinajstić information content (AvgIpc) is 2.56. The Kier molecular flexibility index (Phi) is 6.52. The first-order valence-corrected chi connectivity index (χ1v) is 8.59. The number of aryl methyl sites for hydroxylation is 2.